The van der Waals surface area contributed by atoms with Crippen molar-refractivity contribution in [3.05, 3.63) is 28.8 Å². The Hall–Kier alpha value is -1.26. The first-order valence-corrected chi connectivity index (χ1v) is 6.82. The number of halogens is 1. The molecule has 1 fully saturated rings. The topological polar surface area (TPSA) is 72.6 Å². The Bertz CT molecular complexity index is 470. The predicted molar refractivity (Wildman–Crippen MR) is 73.5 cm³/mol. The molecule has 1 aliphatic carbocycles. The van der Waals surface area contributed by atoms with Crippen LogP contribution in [-0.2, 0) is 0 Å². The lowest BCUT2D eigenvalue weighted by Crippen LogP contribution is -2.38. The van der Waals surface area contributed by atoms with Gasteiger partial charge in [0.1, 0.15) is 12.4 Å². The molecule has 0 unspecified atom stereocenters. The highest BCUT2D eigenvalue weighted by Crippen LogP contribution is 2.30. The summed E-state index contributed by atoms with van der Waals surface area (Å²) >= 11 is 5.82. The fourth-order valence-corrected chi connectivity index (χ4v) is 2.56. The number of aliphatic hydroxyl groups is 1. The molecule has 0 bridgehead atoms. The van der Waals surface area contributed by atoms with E-state index in [2.05, 4.69) is 0 Å². The van der Waals surface area contributed by atoms with Crippen LogP contribution < -0.4 is 10.5 Å². The van der Waals surface area contributed by atoms with Crippen molar-refractivity contribution >= 4 is 17.5 Å². The fraction of sp³-hybridized carbons (Fsp3) is 0.500. The fourth-order valence-electron chi connectivity index (χ4n) is 2.39. The summed E-state index contributed by atoms with van der Waals surface area (Å²) in [5.74, 6) is -0.218. The monoisotopic (exact) mass is 283 g/mol. The molecule has 19 heavy (non-hydrogen) atoms. The van der Waals surface area contributed by atoms with Crippen molar-refractivity contribution in [1.29, 1.82) is 0 Å². The third-order valence-corrected chi connectivity index (χ3v) is 3.72. The molecule has 3 N–H and O–H groups in total. The van der Waals surface area contributed by atoms with Gasteiger partial charge in [0.05, 0.1) is 11.2 Å². The summed E-state index contributed by atoms with van der Waals surface area (Å²) in [6.45, 7) is 0.176. The van der Waals surface area contributed by atoms with Gasteiger partial charge < -0.3 is 15.6 Å². The average Bonchev–Trinajstić information content (AvgIpc) is 2.38. The Balaban J connectivity index is 2.08. The second-order valence-electron chi connectivity index (χ2n) is 5.08. The number of carbonyl (C=O) groups is 1. The molecule has 0 atom stereocenters. The van der Waals surface area contributed by atoms with E-state index in [9.17, 15) is 9.90 Å². The zero-order valence-corrected chi connectivity index (χ0v) is 11.4. The molecule has 2 rings (SSSR count). The first kappa shape index (κ1) is 14.2. The van der Waals surface area contributed by atoms with E-state index in [1.165, 1.54) is 6.07 Å². The highest BCUT2D eigenvalue weighted by atomic mass is 35.5. The molecule has 1 amide bonds. The molecular formula is C14H18ClNO3. The normalized spacial score (nSPS) is 18.0. The largest absolute Gasteiger partial charge is 0.490 e. The second kappa shape index (κ2) is 5.80. The number of benzene rings is 1. The lowest BCUT2D eigenvalue weighted by atomic mass is 9.85. The summed E-state index contributed by atoms with van der Waals surface area (Å²) in [5.41, 5.74) is 4.73. The van der Waals surface area contributed by atoms with Gasteiger partial charge in [-0.15, -0.1) is 0 Å². The van der Waals surface area contributed by atoms with E-state index < -0.39 is 11.5 Å². The molecule has 0 saturated heterocycles. The van der Waals surface area contributed by atoms with Crippen molar-refractivity contribution in [2.75, 3.05) is 6.61 Å². The standard InChI is InChI=1S/C14H18ClNO3/c15-10-4-5-12(11(8-10)13(16)17)19-9-14(18)6-2-1-3-7-14/h4-5,8,18H,1-3,6-7,9H2,(H2,16,17). The van der Waals surface area contributed by atoms with Gasteiger partial charge in [-0.2, -0.15) is 0 Å². The SMILES string of the molecule is NC(=O)c1cc(Cl)ccc1OCC1(O)CCCCC1. The summed E-state index contributed by atoms with van der Waals surface area (Å²) < 4.78 is 5.59. The molecule has 1 aliphatic rings. The zero-order chi connectivity index (χ0) is 13.9. The molecular weight excluding hydrogens is 266 g/mol. The maximum Gasteiger partial charge on any atom is 0.252 e. The van der Waals surface area contributed by atoms with Gasteiger partial charge in [0, 0.05) is 5.02 Å². The van der Waals surface area contributed by atoms with Crippen LogP contribution >= 0.6 is 11.6 Å². The summed E-state index contributed by atoms with van der Waals surface area (Å²) in [6, 6.07) is 4.72. The van der Waals surface area contributed by atoms with Crippen LogP contribution in [0.5, 0.6) is 5.75 Å². The summed E-state index contributed by atoms with van der Waals surface area (Å²) in [6.07, 6.45) is 4.61. The number of hydrogen-bond acceptors (Lipinski definition) is 3. The van der Waals surface area contributed by atoms with Crippen molar-refractivity contribution in [3.8, 4) is 5.75 Å². The van der Waals surface area contributed by atoms with Crippen molar-refractivity contribution in [1.82, 2.24) is 0 Å². The minimum Gasteiger partial charge on any atom is -0.490 e. The van der Waals surface area contributed by atoms with E-state index in [0.29, 0.717) is 10.8 Å². The number of rotatable bonds is 4. The molecule has 0 aliphatic heterocycles. The minimum atomic E-state index is -0.799. The Labute approximate surface area is 117 Å². The number of primary amides is 1. The maximum atomic E-state index is 11.3. The number of hydrogen-bond donors (Lipinski definition) is 2. The molecule has 0 heterocycles. The first-order valence-electron chi connectivity index (χ1n) is 6.45. The number of nitrogens with two attached hydrogens (primary N) is 1. The number of amides is 1. The van der Waals surface area contributed by atoms with Gasteiger partial charge in [0.2, 0.25) is 0 Å². The smallest absolute Gasteiger partial charge is 0.252 e. The van der Waals surface area contributed by atoms with Gasteiger partial charge in [0.25, 0.3) is 5.91 Å². The molecule has 0 radical (unpaired) electrons. The van der Waals surface area contributed by atoms with E-state index in [-0.39, 0.29) is 12.2 Å². The number of ether oxygens (including phenoxy) is 1. The summed E-state index contributed by atoms with van der Waals surface area (Å²) in [4.78, 5) is 11.3. The second-order valence-corrected chi connectivity index (χ2v) is 5.51. The molecule has 0 aromatic heterocycles. The quantitative estimate of drug-likeness (QED) is 0.892. The van der Waals surface area contributed by atoms with Crippen molar-refractivity contribution in [2.45, 2.75) is 37.7 Å². The van der Waals surface area contributed by atoms with Crippen LogP contribution in [0.15, 0.2) is 18.2 Å². The Morgan fingerprint density at radius 3 is 2.68 bits per heavy atom. The Kier molecular flexibility index (Phi) is 4.32. The molecule has 1 aromatic carbocycles. The van der Waals surface area contributed by atoms with E-state index in [1.54, 1.807) is 12.1 Å². The molecule has 104 valence electrons. The van der Waals surface area contributed by atoms with E-state index in [0.717, 1.165) is 32.1 Å². The highest BCUT2D eigenvalue weighted by Gasteiger charge is 2.30. The van der Waals surface area contributed by atoms with Gasteiger partial charge in [-0.25, -0.2) is 0 Å². The third-order valence-electron chi connectivity index (χ3n) is 3.49. The van der Waals surface area contributed by atoms with Crippen LogP contribution in [0.2, 0.25) is 5.02 Å². The molecule has 0 spiro atoms. The van der Waals surface area contributed by atoms with Crippen molar-refractivity contribution in [3.63, 3.8) is 0 Å². The van der Waals surface area contributed by atoms with Gasteiger partial charge in [-0.05, 0) is 31.0 Å². The van der Waals surface area contributed by atoms with Gasteiger partial charge in [-0.3, -0.25) is 4.79 Å². The molecule has 5 heteroatoms. The van der Waals surface area contributed by atoms with Crippen LogP contribution in [0.4, 0.5) is 0 Å². The zero-order valence-electron chi connectivity index (χ0n) is 10.7. The van der Waals surface area contributed by atoms with Crippen LogP contribution in [-0.4, -0.2) is 23.2 Å². The first-order chi connectivity index (χ1) is 9.00. The van der Waals surface area contributed by atoms with Crippen LogP contribution in [0.1, 0.15) is 42.5 Å². The lowest BCUT2D eigenvalue weighted by molar-refractivity contribution is -0.0340. The van der Waals surface area contributed by atoms with Gasteiger partial charge >= 0.3 is 0 Å². The van der Waals surface area contributed by atoms with Crippen LogP contribution in [0.3, 0.4) is 0 Å². The third kappa shape index (κ3) is 3.61. The van der Waals surface area contributed by atoms with Crippen LogP contribution in [0, 0.1) is 0 Å². The summed E-state index contributed by atoms with van der Waals surface area (Å²) in [7, 11) is 0. The lowest BCUT2D eigenvalue weighted by Gasteiger charge is -2.31. The predicted octanol–water partition coefficient (Wildman–Crippen LogP) is 2.51. The Morgan fingerprint density at radius 2 is 2.05 bits per heavy atom. The summed E-state index contributed by atoms with van der Waals surface area (Å²) in [5, 5.41) is 10.8. The van der Waals surface area contributed by atoms with Crippen molar-refractivity contribution < 1.29 is 14.6 Å². The Morgan fingerprint density at radius 1 is 1.37 bits per heavy atom. The van der Waals surface area contributed by atoms with Crippen molar-refractivity contribution in [2.24, 2.45) is 5.73 Å². The number of carbonyl (C=O) groups excluding carboxylic acids is 1. The van der Waals surface area contributed by atoms with Crippen LogP contribution in [0.25, 0.3) is 0 Å². The van der Waals surface area contributed by atoms with Gasteiger partial charge in [-0.1, -0.05) is 30.9 Å². The average molecular weight is 284 g/mol. The van der Waals surface area contributed by atoms with E-state index in [1.807, 2.05) is 0 Å². The minimum absolute atomic E-state index is 0.176. The highest BCUT2D eigenvalue weighted by molar-refractivity contribution is 6.31. The molecule has 1 aromatic rings. The van der Waals surface area contributed by atoms with Gasteiger partial charge in [0.15, 0.2) is 0 Å². The maximum absolute atomic E-state index is 11.3. The van der Waals surface area contributed by atoms with E-state index in [4.69, 9.17) is 22.1 Å². The van der Waals surface area contributed by atoms with E-state index >= 15 is 0 Å². The molecule has 1 saturated carbocycles. The molecule has 4 nitrogen and oxygen atoms in total.